The Labute approximate surface area is 247 Å². The Bertz CT molecular complexity index is 1510. The molecule has 0 aliphatic carbocycles. The van der Waals surface area contributed by atoms with E-state index < -0.39 is 41.4 Å². The molecule has 8 nitrogen and oxygen atoms in total. The van der Waals surface area contributed by atoms with Gasteiger partial charge in [-0.3, -0.25) is 14.5 Å². The van der Waals surface area contributed by atoms with E-state index in [0.29, 0.717) is 29.1 Å². The van der Waals surface area contributed by atoms with Crippen molar-refractivity contribution in [2.45, 2.75) is 38.6 Å². The molecule has 0 spiro atoms. The Hall–Kier alpha value is -3.89. The number of anilines is 1. The summed E-state index contributed by atoms with van der Waals surface area (Å²) in [6.45, 7) is 3.56. The highest BCUT2D eigenvalue weighted by atomic mass is 35.5. The van der Waals surface area contributed by atoms with Crippen molar-refractivity contribution in [3.63, 3.8) is 0 Å². The minimum Gasteiger partial charge on any atom is -0.497 e. The van der Waals surface area contributed by atoms with Gasteiger partial charge in [0.1, 0.15) is 11.6 Å². The smallest absolute Gasteiger partial charge is 0.309 e. The van der Waals surface area contributed by atoms with Gasteiger partial charge in [-0.2, -0.15) is 0 Å². The summed E-state index contributed by atoms with van der Waals surface area (Å²) in [5.74, 6) is -4.59. The predicted octanol–water partition coefficient (Wildman–Crippen LogP) is 5.96. The van der Waals surface area contributed by atoms with E-state index in [1.165, 1.54) is 31.4 Å². The van der Waals surface area contributed by atoms with Crippen LogP contribution in [0.2, 0.25) is 5.02 Å². The van der Waals surface area contributed by atoms with E-state index in [0.717, 1.165) is 11.1 Å². The molecule has 3 aromatic carbocycles. The average molecular weight is 601 g/mol. The fourth-order valence-electron chi connectivity index (χ4n) is 5.98. The van der Waals surface area contributed by atoms with Gasteiger partial charge in [-0.05, 0) is 59.9 Å². The van der Waals surface area contributed by atoms with Gasteiger partial charge >= 0.3 is 5.97 Å². The molecule has 3 aromatic rings. The largest absolute Gasteiger partial charge is 0.497 e. The van der Waals surface area contributed by atoms with Crippen LogP contribution in [-0.2, 0) is 22.4 Å². The number of hydrogen-bond acceptors (Lipinski definition) is 6. The molecule has 42 heavy (non-hydrogen) atoms. The number of aryl methyl sites for hydroxylation is 2. The van der Waals surface area contributed by atoms with Crippen LogP contribution in [0.4, 0.5) is 14.5 Å². The first kappa shape index (κ1) is 29.6. The zero-order valence-electron chi connectivity index (χ0n) is 23.4. The third-order valence-electron chi connectivity index (χ3n) is 7.93. The lowest BCUT2D eigenvalue weighted by atomic mass is 9.82. The van der Waals surface area contributed by atoms with Crippen LogP contribution in [0.25, 0.3) is 0 Å². The fourth-order valence-corrected chi connectivity index (χ4v) is 6.25. The molecule has 2 heterocycles. The van der Waals surface area contributed by atoms with Crippen LogP contribution >= 0.6 is 11.6 Å². The lowest BCUT2D eigenvalue weighted by Gasteiger charge is -2.27. The number of likely N-dealkylation sites (tertiary alicyclic amines) is 1. The summed E-state index contributed by atoms with van der Waals surface area (Å²) in [4.78, 5) is 28.0. The maximum atomic E-state index is 15.5. The molecule has 1 amide bonds. The van der Waals surface area contributed by atoms with Crippen LogP contribution in [0.1, 0.15) is 48.1 Å². The van der Waals surface area contributed by atoms with Gasteiger partial charge in [0.25, 0.3) is 0 Å². The van der Waals surface area contributed by atoms with Crippen molar-refractivity contribution in [2.75, 3.05) is 32.3 Å². The molecule has 0 bridgehead atoms. The highest BCUT2D eigenvalue weighted by Crippen LogP contribution is 2.49. The Balaban J connectivity index is 1.54. The van der Waals surface area contributed by atoms with E-state index in [1.807, 2.05) is 13.8 Å². The number of nitrogens with zero attached hydrogens (tertiary/aromatic N) is 1. The Morgan fingerprint density at radius 1 is 1.07 bits per heavy atom. The Morgan fingerprint density at radius 2 is 1.79 bits per heavy atom. The summed E-state index contributed by atoms with van der Waals surface area (Å²) < 4.78 is 46.1. The van der Waals surface area contributed by atoms with Crippen molar-refractivity contribution < 1.29 is 37.7 Å². The molecule has 1 saturated heterocycles. The number of carboxylic acids is 1. The van der Waals surface area contributed by atoms with Crippen LogP contribution in [-0.4, -0.2) is 48.9 Å². The van der Waals surface area contributed by atoms with E-state index in [9.17, 15) is 19.1 Å². The molecular formula is C31H31ClF2N2O6. The monoisotopic (exact) mass is 600 g/mol. The van der Waals surface area contributed by atoms with Crippen LogP contribution in [0.15, 0.2) is 42.5 Å². The number of carboxylic acid groups (broad SMARTS) is 1. The van der Waals surface area contributed by atoms with E-state index >= 15 is 4.39 Å². The zero-order valence-corrected chi connectivity index (χ0v) is 24.1. The highest BCUT2D eigenvalue weighted by Gasteiger charge is 2.49. The van der Waals surface area contributed by atoms with Crippen molar-refractivity contribution >= 4 is 29.2 Å². The zero-order chi connectivity index (χ0) is 30.1. The van der Waals surface area contributed by atoms with Crippen LogP contribution in [0.3, 0.4) is 0 Å². The second kappa shape index (κ2) is 12.1. The molecule has 0 saturated carbocycles. The van der Waals surface area contributed by atoms with Gasteiger partial charge < -0.3 is 24.6 Å². The van der Waals surface area contributed by atoms with Gasteiger partial charge in [0.05, 0.1) is 25.6 Å². The summed E-state index contributed by atoms with van der Waals surface area (Å²) in [5, 5.41) is 14.0. The topological polar surface area (TPSA) is 97.3 Å². The quantitative estimate of drug-likeness (QED) is 0.313. The molecule has 2 aliphatic rings. The van der Waals surface area contributed by atoms with Crippen molar-refractivity contribution in [3.8, 4) is 17.2 Å². The average Bonchev–Trinajstić information content (AvgIpc) is 3.59. The summed E-state index contributed by atoms with van der Waals surface area (Å²) in [6, 6.07) is 9.50. The number of ether oxygens (including phenoxy) is 3. The molecule has 222 valence electrons. The molecule has 0 radical (unpaired) electrons. The van der Waals surface area contributed by atoms with Gasteiger partial charge in [-0.15, -0.1) is 0 Å². The van der Waals surface area contributed by atoms with E-state index in [2.05, 4.69) is 5.32 Å². The van der Waals surface area contributed by atoms with E-state index in [4.69, 9.17) is 25.8 Å². The van der Waals surface area contributed by atoms with Crippen molar-refractivity contribution in [3.05, 3.63) is 81.4 Å². The van der Waals surface area contributed by atoms with Crippen molar-refractivity contribution in [2.24, 2.45) is 5.92 Å². The number of aliphatic carboxylic acids is 1. The number of amides is 1. The van der Waals surface area contributed by atoms with Crippen LogP contribution < -0.4 is 19.5 Å². The minimum atomic E-state index is -1.21. The molecule has 11 heteroatoms. The second-order valence-corrected chi connectivity index (χ2v) is 10.8. The third kappa shape index (κ3) is 5.61. The maximum absolute atomic E-state index is 15.5. The number of fused-ring (bicyclic) bond motifs is 1. The number of rotatable bonds is 9. The normalized spacial score (nSPS) is 19.6. The maximum Gasteiger partial charge on any atom is 0.309 e. The molecule has 2 aliphatic heterocycles. The number of methoxy groups -OCH3 is 1. The lowest BCUT2D eigenvalue weighted by Crippen LogP contribution is -2.35. The van der Waals surface area contributed by atoms with Gasteiger partial charge in [0.15, 0.2) is 11.6 Å². The number of carbonyl (C=O) groups excluding carboxylic acids is 1. The second-order valence-electron chi connectivity index (χ2n) is 10.3. The summed E-state index contributed by atoms with van der Waals surface area (Å²) in [7, 11) is 1.40. The standard InChI is InChI=1S/C31H31ClF2N2O6/c1-4-16-8-19(32)9-17(5-2)28(16)35-26(37)14-36-13-22(18-10-24(34)30-25(11-18)41-15-42-30)27(31(38)39)29(36)21-7-6-20(40-3)12-23(21)33/h6-12,22,27,29H,4-5,13-15H2,1-3H3,(H,35,37)(H,38,39)/t22-,27?,29+/m1/s1. The van der Waals surface area contributed by atoms with Crippen LogP contribution in [0, 0.1) is 17.6 Å². The van der Waals surface area contributed by atoms with Crippen molar-refractivity contribution in [1.82, 2.24) is 4.90 Å². The van der Waals surface area contributed by atoms with Gasteiger partial charge in [0, 0.05) is 34.8 Å². The molecule has 1 unspecified atom stereocenters. The lowest BCUT2D eigenvalue weighted by molar-refractivity contribution is -0.143. The SMILES string of the molecule is CCc1cc(Cl)cc(CC)c1NC(=O)CN1C[C@H](c2cc(F)c3c(c2)OCO3)C(C(=O)O)[C@@H]1c1ccc(OC)cc1F. The summed E-state index contributed by atoms with van der Waals surface area (Å²) in [6.07, 6.45) is 1.26. The number of hydrogen-bond donors (Lipinski definition) is 2. The van der Waals surface area contributed by atoms with Gasteiger partial charge in [-0.25, -0.2) is 8.78 Å². The van der Waals surface area contributed by atoms with Gasteiger partial charge in [-0.1, -0.05) is 31.5 Å². The van der Waals surface area contributed by atoms with Crippen molar-refractivity contribution in [1.29, 1.82) is 0 Å². The number of carbonyl (C=O) groups is 2. The summed E-state index contributed by atoms with van der Waals surface area (Å²) >= 11 is 6.28. The molecule has 3 atom stereocenters. The third-order valence-corrected chi connectivity index (χ3v) is 8.14. The molecular weight excluding hydrogens is 570 g/mol. The first-order valence-corrected chi connectivity index (χ1v) is 14.0. The van der Waals surface area contributed by atoms with Gasteiger partial charge in [0.2, 0.25) is 18.4 Å². The van der Waals surface area contributed by atoms with Crippen LogP contribution in [0.5, 0.6) is 17.2 Å². The summed E-state index contributed by atoms with van der Waals surface area (Å²) in [5.41, 5.74) is 2.83. The molecule has 1 fully saturated rings. The Kier molecular flexibility index (Phi) is 8.56. The fraction of sp³-hybridized carbons (Fsp3) is 0.355. The van der Waals surface area contributed by atoms with E-state index in [1.54, 1.807) is 23.1 Å². The number of benzene rings is 3. The highest BCUT2D eigenvalue weighted by molar-refractivity contribution is 6.30. The minimum absolute atomic E-state index is 0.0426. The predicted molar refractivity (Wildman–Crippen MR) is 152 cm³/mol. The first-order valence-electron chi connectivity index (χ1n) is 13.7. The molecule has 0 aromatic heterocycles. The number of nitrogens with one attached hydrogen (secondary N) is 1. The molecule has 5 rings (SSSR count). The molecule has 2 N–H and O–H groups in total. The first-order chi connectivity index (χ1) is 20.1. The Morgan fingerprint density at radius 3 is 2.40 bits per heavy atom. The number of halogens is 3. The van der Waals surface area contributed by atoms with E-state index in [-0.39, 0.29) is 42.7 Å².